The molecule has 2 atom stereocenters. The second kappa shape index (κ2) is 9.06. The van der Waals surface area contributed by atoms with Crippen molar-refractivity contribution in [3.05, 3.63) is 73.1 Å². The quantitative estimate of drug-likeness (QED) is 0.352. The van der Waals surface area contributed by atoms with Gasteiger partial charge in [0, 0.05) is 60.4 Å². The Morgan fingerprint density at radius 3 is 2.89 bits per heavy atom. The molecule has 0 saturated heterocycles. The van der Waals surface area contributed by atoms with E-state index >= 15 is 0 Å². The highest BCUT2D eigenvalue weighted by molar-refractivity contribution is 6.02. The predicted octanol–water partition coefficient (Wildman–Crippen LogP) is 5.39. The molecule has 7 heteroatoms. The summed E-state index contributed by atoms with van der Waals surface area (Å²) in [4.78, 5) is 17.3. The van der Waals surface area contributed by atoms with Gasteiger partial charge in [-0.15, -0.1) is 0 Å². The Morgan fingerprint density at radius 1 is 1.11 bits per heavy atom. The maximum absolute atomic E-state index is 13.2. The lowest BCUT2D eigenvalue weighted by atomic mass is 9.85. The van der Waals surface area contributed by atoms with Crippen LogP contribution in [0.3, 0.4) is 0 Å². The summed E-state index contributed by atoms with van der Waals surface area (Å²) in [7, 11) is 0. The molecule has 2 unspecified atom stereocenters. The second-order valence-electron chi connectivity index (χ2n) is 9.73. The number of hydrogen-bond donors (Lipinski definition) is 2. The first kappa shape index (κ1) is 21.6. The maximum Gasteiger partial charge on any atom is 0.251 e. The monoisotopic (exact) mass is 466 g/mol. The van der Waals surface area contributed by atoms with Crippen LogP contribution in [0, 0.1) is 5.92 Å². The second-order valence-corrected chi connectivity index (χ2v) is 9.73. The molecule has 7 nitrogen and oxygen atoms in total. The van der Waals surface area contributed by atoms with E-state index in [4.69, 9.17) is 0 Å². The Balaban J connectivity index is 1.21. The normalized spacial score (nSPS) is 18.3. The van der Waals surface area contributed by atoms with E-state index in [2.05, 4.69) is 67.1 Å². The molecule has 1 aliphatic rings. The number of nitrogens with one attached hydrogen (secondary N) is 2. The van der Waals surface area contributed by atoms with Crippen LogP contribution in [-0.4, -0.2) is 36.3 Å². The van der Waals surface area contributed by atoms with E-state index in [1.165, 1.54) is 17.2 Å². The zero-order chi connectivity index (χ0) is 23.8. The highest BCUT2D eigenvalue weighted by Gasteiger charge is 2.24. The average Bonchev–Trinajstić information content (AvgIpc) is 3.62. The molecule has 3 aromatic heterocycles. The molecular formula is C28H30N6O. The highest BCUT2D eigenvalue weighted by atomic mass is 16.1. The summed E-state index contributed by atoms with van der Waals surface area (Å²) >= 11 is 0. The summed E-state index contributed by atoms with van der Waals surface area (Å²) in [5.41, 5.74) is 3.53. The van der Waals surface area contributed by atoms with Crippen molar-refractivity contribution < 1.29 is 4.79 Å². The number of carbonyl (C=O) groups is 1. The number of aromatic nitrogens is 5. The fourth-order valence-electron chi connectivity index (χ4n) is 5.45. The Labute approximate surface area is 204 Å². The molecule has 2 N–H and O–H groups in total. The summed E-state index contributed by atoms with van der Waals surface area (Å²) in [6.07, 6.45) is 14.4. The van der Waals surface area contributed by atoms with Gasteiger partial charge < -0.3 is 14.5 Å². The van der Waals surface area contributed by atoms with Crippen LogP contribution < -0.4 is 5.32 Å². The summed E-state index contributed by atoms with van der Waals surface area (Å²) in [6.45, 7) is 4.04. The number of aromatic amines is 1. The molecule has 0 bridgehead atoms. The fraction of sp³-hybridized carbons (Fsp3) is 0.321. The predicted molar refractivity (Wildman–Crippen MR) is 138 cm³/mol. The third-order valence-corrected chi connectivity index (χ3v) is 7.31. The molecule has 0 spiro atoms. The summed E-state index contributed by atoms with van der Waals surface area (Å²) in [5, 5.41) is 14.4. The van der Waals surface area contributed by atoms with Gasteiger partial charge in [-0.1, -0.05) is 18.6 Å². The van der Waals surface area contributed by atoms with Gasteiger partial charge in [-0.05, 0) is 67.1 Å². The summed E-state index contributed by atoms with van der Waals surface area (Å²) in [5.74, 6) is 0.548. The SMILES string of the molecule is CCn1cc2ccc(-c3n[nH]c4ccc(C(=O)NC5CCCC(Cn6ccnc6)C5)cc34)cc2c1. The number of carbonyl (C=O) groups excluding carboxylic acids is 1. The van der Waals surface area contributed by atoms with Crippen molar-refractivity contribution in [2.45, 2.75) is 51.7 Å². The number of imidazole rings is 1. The van der Waals surface area contributed by atoms with Gasteiger partial charge in [0.05, 0.1) is 17.5 Å². The van der Waals surface area contributed by atoms with E-state index in [0.717, 1.165) is 54.5 Å². The van der Waals surface area contributed by atoms with Crippen molar-refractivity contribution >= 4 is 27.6 Å². The van der Waals surface area contributed by atoms with E-state index < -0.39 is 0 Å². The number of fused-ring (bicyclic) bond motifs is 2. The third kappa shape index (κ3) is 4.34. The standard InChI is InChI=1S/C28H30N6O/c1-2-33-16-22-7-6-20(13-23(22)17-33)27-25-14-21(8-9-26(25)31-32-27)28(35)30-24-5-3-4-19(12-24)15-34-11-10-29-18-34/h6-11,13-14,16-19,24H,2-5,12,15H2,1H3,(H,30,35)(H,31,32). The van der Waals surface area contributed by atoms with Crippen LogP contribution in [0.4, 0.5) is 0 Å². The number of hydrogen-bond acceptors (Lipinski definition) is 3. The number of rotatable bonds is 6. The summed E-state index contributed by atoms with van der Waals surface area (Å²) in [6, 6.07) is 12.4. The van der Waals surface area contributed by atoms with E-state index in [9.17, 15) is 4.79 Å². The van der Waals surface area contributed by atoms with Crippen LogP contribution in [0.5, 0.6) is 0 Å². The van der Waals surface area contributed by atoms with Crippen molar-refractivity contribution in [2.24, 2.45) is 5.92 Å². The van der Waals surface area contributed by atoms with Crippen LogP contribution in [0.2, 0.25) is 0 Å². The van der Waals surface area contributed by atoms with E-state index in [1.54, 1.807) is 0 Å². The molecule has 6 rings (SSSR count). The Morgan fingerprint density at radius 2 is 2.03 bits per heavy atom. The first-order valence-electron chi connectivity index (χ1n) is 12.5. The molecule has 3 heterocycles. The molecule has 2 aromatic carbocycles. The van der Waals surface area contributed by atoms with Crippen molar-refractivity contribution in [1.82, 2.24) is 29.6 Å². The lowest BCUT2D eigenvalue weighted by Gasteiger charge is -2.30. The van der Waals surface area contributed by atoms with Gasteiger partial charge in [-0.3, -0.25) is 9.89 Å². The number of amides is 1. The summed E-state index contributed by atoms with van der Waals surface area (Å²) < 4.78 is 4.32. The minimum Gasteiger partial charge on any atom is -0.353 e. The van der Waals surface area contributed by atoms with Crippen LogP contribution in [0.1, 0.15) is 43.0 Å². The number of nitrogens with zero attached hydrogens (tertiary/aromatic N) is 4. The molecule has 35 heavy (non-hydrogen) atoms. The molecule has 1 amide bonds. The fourth-order valence-corrected chi connectivity index (χ4v) is 5.45. The van der Waals surface area contributed by atoms with Gasteiger partial charge in [0.15, 0.2) is 0 Å². The molecule has 178 valence electrons. The van der Waals surface area contributed by atoms with Crippen LogP contribution >= 0.6 is 0 Å². The van der Waals surface area contributed by atoms with Crippen molar-refractivity contribution in [1.29, 1.82) is 0 Å². The van der Waals surface area contributed by atoms with Gasteiger partial charge in [-0.2, -0.15) is 5.10 Å². The van der Waals surface area contributed by atoms with E-state index in [-0.39, 0.29) is 11.9 Å². The van der Waals surface area contributed by atoms with E-state index in [0.29, 0.717) is 11.5 Å². The van der Waals surface area contributed by atoms with Crippen LogP contribution in [0.25, 0.3) is 32.9 Å². The number of H-pyrrole nitrogens is 1. The lowest BCUT2D eigenvalue weighted by molar-refractivity contribution is 0.0917. The molecule has 0 aliphatic heterocycles. The van der Waals surface area contributed by atoms with Gasteiger partial charge in [-0.25, -0.2) is 4.98 Å². The number of aryl methyl sites for hydroxylation is 1. The minimum atomic E-state index is -0.0113. The molecular weight excluding hydrogens is 436 g/mol. The van der Waals surface area contributed by atoms with Gasteiger partial charge in [0.1, 0.15) is 0 Å². The number of benzene rings is 2. The third-order valence-electron chi connectivity index (χ3n) is 7.31. The Kier molecular flexibility index (Phi) is 5.60. The van der Waals surface area contributed by atoms with Crippen molar-refractivity contribution in [3.63, 3.8) is 0 Å². The largest absolute Gasteiger partial charge is 0.353 e. The Hall–Kier alpha value is -3.87. The van der Waals surface area contributed by atoms with Crippen LogP contribution in [-0.2, 0) is 13.1 Å². The first-order chi connectivity index (χ1) is 17.2. The zero-order valence-electron chi connectivity index (χ0n) is 19.9. The smallest absolute Gasteiger partial charge is 0.251 e. The first-order valence-corrected chi connectivity index (χ1v) is 12.5. The molecule has 1 aliphatic carbocycles. The van der Waals surface area contributed by atoms with Gasteiger partial charge in [0.25, 0.3) is 5.91 Å². The minimum absolute atomic E-state index is 0.0113. The zero-order valence-corrected chi connectivity index (χ0v) is 19.9. The van der Waals surface area contributed by atoms with Crippen molar-refractivity contribution in [3.8, 4) is 11.3 Å². The molecule has 0 radical (unpaired) electrons. The van der Waals surface area contributed by atoms with Crippen molar-refractivity contribution in [2.75, 3.05) is 0 Å². The molecule has 5 aromatic rings. The lowest BCUT2D eigenvalue weighted by Crippen LogP contribution is -2.39. The van der Waals surface area contributed by atoms with Gasteiger partial charge in [0.2, 0.25) is 0 Å². The topological polar surface area (TPSA) is 80.5 Å². The Bertz CT molecular complexity index is 1480. The molecule has 1 fully saturated rings. The van der Waals surface area contributed by atoms with Crippen LogP contribution in [0.15, 0.2) is 67.5 Å². The molecule has 1 saturated carbocycles. The average molecular weight is 467 g/mol. The van der Waals surface area contributed by atoms with Gasteiger partial charge >= 0.3 is 0 Å². The van der Waals surface area contributed by atoms with E-state index in [1.807, 2.05) is 36.9 Å². The maximum atomic E-state index is 13.2. The highest BCUT2D eigenvalue weighted by Crippen LogP contribution is 2.30.